The summed E-state index contributed by atoms with van der Waals surface area (Å²) in [7, 11) is 0. The standard InChI is InChI=1S/C9H10F3N.C2H6.CH2O/c1-6(2)7-3-4-8(13-5-7)9(10,11)12;2*1-2/h3-6H,1-2H3;1-2H3;1H2. The van der Waals surface area contributed by atoms with Crippen molar-refractivity contribution in [3.05, 3.63) is 29.6 Å². The van der Waals surface area contributed by atoms with E-state index >= 15 is 0 Å². The lowest BCUT2D eigenvalue weighted by atomic mass is 10.1. The number of alkyl halides is 3. The van der Waals surface area contributed by atoms with Gasteiger partial charge in [0.1, 0.15) is 12.5 Å². The van der Waals surface area contributed by atoms with Crippen LogP contribution in [-0.4, -0.2) is 11.8 Å². The van der Waals surface area contributed by atoms with Crippen LogP contribution in [0.15, 0.2) is 18.3 Å². The molecule has 0 aliphatic carbocycles. The van der Waals surface area contributed by atoms with Crippen LogP contribution in [0.4, 0.5) is 13.2 Å². The number of pyridine rings is 1. The van der Waals surface area contributed by atoms with Gasteiger partial charge in [0, 0.05) is 6.20 Å². The van der Waals surface area contributed by atoms with Gasteiger partial charge in [-0.1, -0.05) is 33.8 Å². The Morgan fingerprint density at radius 2 is 1.65 bits per heavy atom. The number of halogens is 3. The molecule has 0 atom stereocenters. The molecule has 0 aromatic carbocycles. The molecule has 17 heavy (non-hydrogen) atoms. The third-order valence-corrected chi connectivity index (χ3v) is 1.74. The lowest BCUT2D eigenvalue weighted by Crippen LogP contribution is -2.07. The number of hydrogen-bond donors (Lipinski definition) is 0. The van der Waals surface area contributed by atoms with Crippen LogP contribution in [0.5, 0.6) is 0 Å². The van der Waals surface area contributed by atoms with Gasteiger partial charge in [-0.2, -0.15) is 13.2 Å². The average molecular weight is 249 g/mol. The monoisotopic (exact) mass is 249 g/mol. The van der Waals surface area contributed by atoms with Crippen LogP contribution < -0.4 is 0 Å². The molecule has 0 spiro atoms. The van der Waals surface area contributed by atoms with Gasteiger partial charge in [-0.3, -0.25) is 4.98 Å². The van der Waals surface area contributed by atoms with E-state index in [-0.39, 0.29) is 5.92 Å². The van der Waals surface area contributed by atoms with E-state index in [1.54, 1.807) is 0 Å². The second-order valence-corrected chi connectivity index (χ2v) is 3.13. The normalized spacial score (nSPS) is 9.88. The predicted molar refractivity (Wildman–Crippen MR) is 61.8 cm³/mol. The molecule has 0 amide bonds. The molecule has 0 aliphatic heterocycles. The maximum absolute atomic E-state index is 12.1. The van der Waals surface area contributed by atoms with Crippen LogP contribution in [0.2, 0.25) is 0 Å². The van der Waals surface area contributed by atoms with Gasteiger partial charge < -0.3 is 4.79 Å². The summed E-state index contributed by atoms with van der Waals surface area (Å²) in [5, 5.41) is 0. The minimum atomic E-state index is -4.34. The summed E-state index contributed by atoms with van der Waals surface area (Å²) in [6.07, 6.45) is -3.07. The summed E-state index contributed by atoms with van der Waals surface area (Å²) >= 11 is 0. The number of nitrogens with zero attached hydrogens (tertiary/aromatic N) is 1. The van der Waals surface area contributed by atoms with Crippen molar-refractivity contribution in [2.45, 2.75) is 39.8 Å². The molecular formula is C12H18F3NO. The number of aromatic nitrogens is 1. The minimum Gasteiger partial charge on any atom is -0.307 e. The topological polar surface area (TPSA) is 30.0 Å². The number of carbonyl (C=O) groups is 1. The molecule has 0 radical (unpaired) electrons. The molecule has 0 bridgehead atoms. The molecule has 2 nitrogen and oxygen atoms in total. The molecule has 98 valence electrons. The van der Waals surface area contributed by atoms with Crippen LogP contribution in [0.1, 0.15) is 44.9 Å². The highest BCUT2D eigenvalue weighted by Crippen LogP contribution is 2.27. The maximum Gasteiger partial charge on any atom is 0.433 e. The van der Waals surface area contributed by atoms with Gasteiger partial charge in [-0.15, -0.1) is 0 Å². The first-order valence-corrected chi connectivity index (χ1v) is 5.23. The van der Waals surface area contributed by atoms with Crippen molar-refractivity contribution in [2.24, 2.45) is 0 Å². The van der Waals surface area contributed by atoms with Crippen molar-refractivity contribution in [3.8, 4) is 0 Å². The fourth-order valence-electron chi connectivity index (χ4n) is 0.915. The van der Waals surface area contributed by atoms with E-state index in [4.69, 9.17) is 4.79 Å². The summed E-state index contributed by atoms with van der Waals surface area (Å²) in [6.45, 7) is 9.81. The quantitative estimate of drug-likeness (QED) is 0.751. The highest BCUT2D eigenvalue weighted by atomic mass is 19.4. The zero-order valence-corrected chi connectivity index (χ0v) is 10.5. The number of hydrogen-bond acceptors (Lipinski definition) is 2. The maximum atomic E-state index is 12.1. The Labute approximate surface area is 99.9 Å². The molecule has 1 heterocycles. The smallest absolute Gasteiger partial charge is 0.307 e. The van der Waals surface area contributed by atoms with E-state index in [0.717, 1.165) is 11.6 Å². The van der Waals surface area contributed by atoms with Crippen molar-refractivity contribution in [3.63, 3.8) is 0 Å². The van der Waals surface area contributed by atoms with Gasteiger partial charge in [0.2, 0.25) is 0 Å². The molecule has 0 saturated heterocycles. The minimum absolute atomic E-state index is 0.204. The molecule has 0 N–H and O–H groups in total. The molecule has 1 aromatic rings. The van der Waals surface area contributed by atoms with E-state index in [2.05, 4.69) is 4.98 Å². The average Bonchev–Trinajstić information content (AvgIpc) is 2.33. The van der Waals surface area contributed by atoms with Crippen molar-refractivity contribution >= 4 is 6.79 Å². The van der Waals surface area contributed by atoms with Gasteiger partial charge in [-0.25, -0.2) is 0 Å². The van der Waals surface area contributed by atoms with Crippen molar-refractivity contribution in [2.75, 3.05) is 0 Å². The molecule has 1 aromatic heterocycles. The van der Waals surface area contributed by atoms with Gasteiger partial charge in [0.15, 0.2) is 0 Å². The molecule has 1 rings (SSSR count). The molecule has 0 aliphatic rings. The molecule has 5 heteroatoms. The third kappa shape index (κ3) is 6.71. The Hall–Kier alpha value is -1.39. The van der Waals surface area contributed by atoms with Crippen molar-refractivity contribution < 1.29 is 18.0 Å². The first-order chi connectivity index (χ1) is 7.91. The van der Waals surface area contributed by atoms with Gasteiger partial charge in [0.25, 0.3) is 0 Å². The van der Waals surface area contributed by atoms with E-state index in [0.29, 0.717) is 0 Å². The molecule has 0 saturated carbocycles. The number of rotatable bonds is 1. The Balaban J connectivity index is 0. The van der Waals surface area contributed by atoms with E-state index < -0.39 is 11.9 Å². The number of carbonyl (C=O) groups excluding carboxylic acids is 1. The van der Waals surface area contributed by atoms with Crippen LogP contribution in [-0.2, 0) is 11.0 Å². The Bertz CT molecular complexity index is 294. The Morgan fingerprint density at radius 1 is 1.18 bits per heavy atom. The van der Waals surface area contributed by atoms with Crippen LogP contribution in [0.25, 0.3) is 0 Å². The second kappa shape index (κ2) is 8.73. The van der Waals surface area contributed by atoms with Crippen LogP contribution >= 0.6 is 0 Å². The molecular weight excluding hydrogens is 231 g/mol. The first-order valence-electron chi connectivity index (χ1n) is 5.23. The Kier molecular flexibility index (Phi) is 9.23. The van der Waals surface area contributed by atoms with Crippen molar-refractivity contribution in [1.82, 2.24) is 4.98 Å². The third-order valence-electron chi connectivity index (χ3n) is 1.74. The first kappa shape index (κ1) is 18.0. The van der Waals surface area contributed by atoms with Crippen molar-refractivity contribution in [1.29, 1.82) is 0 Å². The highest BCUT2D eigenvalue weighted by Gasteiger charge is 2.31. The van der Waals surface area contributed by atoms with Gasteiger partial charge in [0.05, 0.1) is 0 Å². The summed E-state index contributed by atoms with van der Waals surface area (Å²) in [6, 6.07) is 2.47. The summed E-state index contributed by atoms with van der Waals surface area (Å²) in [5.74, 6) is 0.204. The SMILES string of the molecule is C=O.CC.CC(C)c1ccc(C(F)(F)F)nc1. The van der Waals surface area contributed by atoms with Crippen LogP contribution in [0.3, 0.4) is 0 Å². The van der Waals surface area contributed by atoms with E-state index in [9.17, 15) is 13.2 Å². The van der Waals surface area contributed by atoms with E-state index in [1.807, 2.05) is 34.5 Å². The zero-order chi connectivity index (χ0) is 14.1. The fraction of sp³-hybridized carbons (Fsp3) is 0.500. The summed E-state index contributed by atoms with van der Waals surface area (Å²) in [4.78, 5) is 11.3. The predicted octanol–water partition coefficient (Wildman–Crippen LogP) is 4.07. The lowest BCUT2D eigenvalue weighted by molar-refractivity contribution is -0.141. The van der Waals surface area contributed by atoms with Crippen LogP contribution in [0, 0.1) is 0 Å². The summed E-state index contributed by atoms with van der Waals surface area (Å²) in [5.41, 5.74) is -0.0232. The van der Waals surface area contributed by atoms with Gasteiger partial charge >= 0.3 is 6.18 Å². The lowest BCUT2D eigenvalue weighted by Gasteiger charge is -2.07. The summed E-state index contributed by atoms with van der Waals surface area (Å²) < 4.78 is 36.2. The fourth-order valence-corrected chi connectivity index (χ4v) is 0.915. The van der Waals surface area contributed by atoms with Gasteiger partial charge in [-0.05, 0) is 17.5 Å². The Morgan fingerprint density at radius 3 is 1.88 bits per heavy atom. The van der Waals surface area contributed by atoms with E-state index in [1.165, 1.54) is 12.3 Å². The highest BCUT2D eigenvalue weighted by molar-refractivity contribution is 5.18. The zero-order valence-electron chi connectivity index (χ0n) is 10.5. The molecule has 0 unspecified atom stereocenters. The second-order valence-electron chi connectivity index (χ2n) is 3.13. The largest absolute Gasteiger partial charge is 0.433 e. The molecule has 0 fully saturated rings.